The van der Waals surface area contributed by atoms with Crippen molar-refractivity contribution < 1.29 is 8.83 Å². The van der Waals surface area contributed by atoms with Gasteiger partial charge in [-0.2, -0.15) is 0 Å². The molecule has 0 radical (unpaired) electrons. The molecule has 11 aromatic rings. The van der Waals surface area contributed by atoms with E-state index in [1.54, 1.807) is 0 Å². The van der Waals surface area contributed by atoms with E-state index in [-0.39, 0.29) is 0 Å². The highest BCUT2D eigenvalue weighted by Crippen LogP contribution is 2.46. The first-order valence-corrected chi connectivity index (χ1v) is 22.0. The van der Waals surface area contributed by atoms with E-state index in [1.807, 2.05) is 0 Å². The first kappa shape index (κ1) is 38.6. The SMILES string of the molecule is Cc1ccc(C)c(N(c2ccc3cc4c(cc3c2)oc2c(C)c3c(cc24)oc2cc4cc(N(c5cc(C)ccc5C)c5cc(C)ccc5C)ccc4cc23)c2cc(C)ccc2C)c1. The Labute approximate surface area is 368 Å². The Hall–Kier alpha value is -7.30. The number of anilines is 6. The highest BCUT2D eigenvalue weighted by atomic mass is 16.3. The maximum Gasteiger partial charge on any atom is 0.139 e. The standard InChI is InChI=1S/C59H50N2O2/c1-33-10-14-37(5)51(22-33)60(52-23-34(2)11-15-38(52)6)46-20-18-42-28-48-49-32-57-58(41(9)59(49)63-55(48)30-44(42)26-46)50-29-43-19-21-47(27-45(43)31-56(50)62-57)61(53-24-35(3)12-16-39(53)7)54-25-36(4)13-17-40(54)8/h10-32H,1-9H3. The van der Waals surface area contributed by atoms with Gasteiger partial charge >= 0.3 is 0 Å². The molecule has 0 spiro atoms. The molecule has 9 aromatic carbocycles. The largest absolute Gasteiger partial charge is 0.456 e. The third-order valence-corrected chi connectivity index (χ3v) is 13.3. The molecule has 0 aliphatic heterocycles. The van der Waals surface area contributed by atoms with Gasteiger partial charge in [0.2, 0.25) is 0 Å². The molecule has 0 amide bonds. The Balaban J connectivity index is 1.04. The smallest absolute Gasteiger partial charge is 0.139 e. The molecule has 0 saturated heterocycles. The Morgan fingerprint density at radius 3 is 1.17 bits per heavy atom. The second-order valence-corrected chi connectivity index (χ2v) is 18.0. The summed E-state index contributed by atoms with van der Waals surface area (Å²) >= 11 is 0. The van der Waals surface area contributed by atoms with Gasteiger partial charge in [-0.3, -0.25) is 0 Å². The highest BCUT2D eigenvalue weighted by molar-refractivity contribution is 6.20. The third kappa shape index (κ3) is 6.35. The molecule has 2 aromatic heterocycles. The quantitative estimate of drug-likeness (QED) is 0.167. The Morgan fingerprint density at radius 2 is 0.730 bits per heavy atom. The molecular weight excluding hydrogens is 769 g/mol. The average Bonchev–Trinajstić information content (AvgIpc) is 3.81. The van der Waals surface area contributed by atoms with Gasteiger partial charge in [0.05, 0.1) is 0 Å². The van der Waals surface area contributed by atoms with Crippen LogP contribution in [0.4, 0.5) is 34.1 Å². The fourth-order valence-corrected chi connectivity index (χ4v) is 9.78. The van der Waals surface area contributed by atoms with Gasteiger partial charge in [-0.05, 0) is 207 Å². The number of benzene rings is 9. The Kier molecular flexibility index (Phi) is 8.82. The van der Waals surface area contributed by atoms with Crippen LogP contribution >= 0.6 is 0 Å². The zero-order valence-electron chi connectivity index (χ0n) is 37.5. The Morgan fingerprint density at radius 1 is 0.317 bits per heavy atom. The van der Waals surface area contributed by atoms with E-state index < -0.39 is 0 Å². The van der Waals surface area contributed by atoms with E-state index in [2.05, 4.69) is 212 Å². The van der Waals surface area contributed by atoms with Gasteiger partial charge in [0.1, 0.15) is 22.3 Å². The number of furan rings is 2. The van der Waals surface area contributed by atoms with Crippen molar-refractivity contribution in [1.29, 1.82) is 0 Å². The fourth-order valence-electron chi connectivity index (χ4n) is 9.78. The van der Waals surface area contributed by atoms with Crippen molar-refractivity contribution >= 4 is 99.5 Å². The maximum absolute atomic E-state index is 6.85. The van der Waals surface area contributed by atoms with Gasteiger partial charge in [-0.15, -0.1) is 0 Å². The molecule has 4 heteroatoms. The predicted octanol–water partition coefficient (Wildman–Crippen LogP) is 17.5. The van der Waals surface area contributed by atoms with E-state index in [0.29, 0.717) is 0 Å². The number of nitrogens with zero attached hydrogens (tertiary/aromatic N) is 2. The van der Waals surface area contributed by atoms with Crippen LogP contribution in [0.5, 0.6) is 0 Å². The molecule has 0 atom stereocenters. The molecule has 4 nitrogen and oxygen atoms in total. The lowest BCUT2D eigenvalue weighted by Crippen LogP contribution is -2.13. The summed E-state index contributed by atoms with van der Waals surface area (Å²) in [5.41, 5.74) is 21.4. The van der Waals surface area contributed by atoms with Gasteiger partial charge < -0.3 is 18.6 Å². The Bertz CT molecular complexity index is 3470. The molecule has 0 fully saturated rings. The summed E-state index contributed by atoms with van der Waals surface area (Å²) in [5, 5.41) is 8.94. The van der Waals surface area contributed by atoms with Gasteiger partial charge in [0.25, 0.3) is 0 Å². The summed E-state index contributed by atoms with van der Waals surface area (Å²) in [7, 11) is 0. The maximum atomic E-state index is 6.85. The molecule has 0 aliphatic carbocycles. The lowest BCUT2D eigenvalue weighted by Gasteiger charge is -2.29. The summed E-state index contributed by atoms with van der Waals surface area (Å²) in [6.07, 6.45) is 0. The molecule has 63 heavy (non-hydrogen) atoms. The number of hydrogen-bond donors (Lipinski definition) is 0. The molecule has 0 N–H and O–H groups in total. The van der Waals surface area contributed by atoms with Crippen molar-refractivity contribution in [3.63, 3.8) is 0 Å². The first-order valence-electron chi connectivity index (χ1n) is 22.0. The van der Waals surface area contributed by atoms with E-state index >= 15 is 0 Å². The highest BCUT2D eigenvalue weighted by Gasteiger charge is 2.22. The predicted molar refractivity (Wildman–Crippen MR) is 268 cm³/mol. The first-order chi connectivity index (χ1) is 30.4. The van der Waals surface area contributed by atoms with E-state index in [9.17, 15) is 0 Å². The zero-order chi connectivity index (χ0) is 43.4. The van der Waals surface area contributed by atoms with Crippen LogP contribution in [0.3, 0.4) is 0 Å². The average molecular weight is 819 g/mol. The summed E-state index contributed by atoms with van der Waals surface area (Å²) in [6.45, 7) is 19.6. The minimum atomic E-state index is 0.869. The summed E-state index contributed by atoms with van der Waals surface area (Å²) in [4.78, 5) is 4.82. The van der Waals surface area contributed by atoms with Crippen molar-refractivity contribution in [3.8, 4) is 0 Å². The minimum Gasteiger partial charge on any atom is -0.456 e. The minimum absolute atomic E-state index is 0.869. The van der Waals surface area contributed by atoms with Crippen LogP contribution in [0, 0.1) is 62.3 Å². The van der Waals surface area contributed by atoms with Crippen LogP contribution < -0.4 is 9.80 Å². The summed E-state index contributed by atoms with van der Waals surface area (Å²) in [5.74, 6) is 0. The van der Waals surface area contributed by atoms with E-state index in [4.69, 9.17) is 8.83 Å². The van der Waals surface area contributed by atoms with Crippen molar-refractivity contribution in [3.05, 3.63) is 190 Å². The monoisotopic (exact) mass is 818 g/mol. The normalized spacial score (nSPS) is 11.9. The molecule has 308 valence electrons. The molecular formula is C59H50N2O2. The lowest BCUT2D eigenvalue weighted by atomic mass is 9.99. The molecule has 2 heterocycles. The fraction of sp³-hybridized carbons (Fsp3) is 0.153. The van der Waals surface area contributed by atoms with Crippen molar-refractivity contribution in [2.24, 2.45) is 0 Å². The third-order valence-electron chi connectivity index (χ3n) is 13.3. The second kappa shape index (κ2) is 14.4. The number of rotatable bonds is 6. The lowest BCUT2D eigenvalue weighted by molar-refractivity contribution is 0.662. The van der Waals surface area contributed by atoms with E-state index in [0.717, 1.165) is 82.4 Å². The molecule has 0 aliphatic rings. The van der Waals surface area contributed by atoms with Gasteiger partial charge in [0, 0.05) is 61.2 Å². The van der Waals surface area contributed by atoms with Gasteiger partial charge in [-0.1, -0.05) is 60.7 Å². The number of fused-ring (bicyclic) bond motifs is 8. The molecule has 11 rings (SSSR count). The molecule has 0 unspecified atom stereocenters. The number of hydrogen-bond acceptors (Lipinski definition) is 4. The zero-order valence-corrected chi connectivity index (χ0v) is 37.5. The van der Waals surface area contributed by atoms with Crippen LogP contribution in [0.2, 0.25) is 0 Å². The van der Waals surface area contributed by atoms with Crippen molar-refractivity contribution in [2.75, 3.05) is 9.80 Å². The van der Waals surface area contributed by atoms with Crippen molar-refractivity contribution in [1.82, 2.24) is 0 Å². The van der Waals surface area contributed by atoms with E-state index in [1.165, 1.54) is 67.3 Å². The van der Waals surface area contributed by atoms with Crippen LogP contribution in [0.15, 0.2) is 148 Å². The van der Waals surface area contributed by atoms with Crippen LogP contribution in [0.25, 0.3) is 65.4 Å². The second-order valence-electron chi connectivity index (χ2n) is 18.0. The van der Waals surface area contributed by atoms with Gasteiger partial charge in [0.15, 0.2) is 0 Å². The topological polar surface area (TPSA) is 32.8 Å². The molecule has 0 bridgehead atoms. The molecule has 0 saturated carbocycles. The number of aryl methyl sites for hydroxylation is 9. The van der Waals surface area contributed by atoms with Crippen molar-refractivity contribution in [2.45, 2.75) is 62.3 Å². The van der Waals surface area contributed by atoms with Crippen LogP contribution in [-0.2, 0) is 0 Å². The van der Waals surface area contributed by atoms with Crippen LogP contribution in [-0.4, -0.2) is 0 Å². The summed E-state index contributed by atoms with van der Waals surface area (Å²) in [6, 6.07) is 51.6. The van der Waals surface area contributed by atoms with Crippen LogP contribution in [0.1, 0.15) is 50.1 Å². The summed E-state index contributed by atoms with van der Waals surface area (Å²) < 4.78 is 13.6. The van der Waals surface area contributed by atoms with Gasteiger partial charge in [-0.25, -0.2) is 0 Å².